The van der Waals surface area contributed by atoms with Crippen LogP contribution < -0.4 is 5.73 Å². The molecule has 1 aromatic rings. The monoisotopic (exact) mass is 212 g/mol. The molecule has 0 radical (unpaired) electrons. The van der Waals surface area contributed by atoms with Crippen LogP contribution in [0.15, 0.2) is 18.2 Å². The van der Waals surface area contributed by atoms with E-state index in [0.717, 1.165) is 12.0 Å². The number of nitrogen functional groups attached to an aromatic ring is 1. The van der Waals surface area contributed by atoms with E-state index < -0.39 is 6.43 Å². The Morgan fingerprint density at radius 1 is 1.33 bits per heavy atom. The van der Waals surface area contributed by atoms with Crippen LogP contribution in [0.2, 0.25) is 0 Å². The van der Waals surface area contributed by atoms with Crippen LogP contribution in [0.5, 0.6) is 0 Å². The molecule has 0 aromatic heterocycles. The molecule has 0 bridgehead atoms. The molecular formula is C11H14F2N2. The van der Waals surface area contributed by atoms with Crippen molar-refractivity contribution in [3.8, 4) is 0 Å². The summed E-state index contributed by atoms with van der Waals surface area (Å²) < 4.78 is 24.4. The number of fused-ring (bicyclic) bond motifs is 1. The molecule has 2 nitrogen and oxygen atoms in total. The summed E-state index contributed by atoms with van der Waals surface area (Å²) in [6.07, 6.45) is -1.42. The van der Waals surface area contributed by atoms with Crippen LogP contribution in [0.3, 0.4) is 0 Å². The van der Waals surface area contributed by atoms with Crippen LogP contribution in [-0.2, 0) is 13.0 Å². The van der Waals surface area contributed by atoms with Crippen molar-refractivity contribution in [2.75, 3.05) is 18.8 Å². The van der Waals surface area contributed by atoms with E-state index in [1.165, 1.54) is 5.56 Å². The lowest BCUT2D eigenvalue weighted by Gasteiger charge is -2.28. The maximum absolute atomic E-state index is 12.2. The summed E-state index contributed by atoms with van der Waals surface area (Å²) in [7, 11) is 0. The van der Waals surface area contributed by atoms with Crippen molar-refractivity contribution >= 4 is 5.69 Å². The standard InChI is InChI=1S/C11H14F2N2/c12-11(13)7-15-4-3-8-1-2-10(14)5-9(8)6-15/h1-2,5,11H,3-4,6-7,14H2. The quantitative estimate of drug-likeness (QED) is 0.758. The number of rotatable bonds is 2. The normalized spacial score (nSPS) is 16.7. The highest BCUT2D eigenvalue weighted by Gasteiger charge is 2.18. The molecule has 82 valence electrons. The number of hydrogen-bond donors (Lipinski definition) is 1. The van der Waals surface area contributed by atoms with Gasteiger partial charge in [-0.05, 0) is 29.7 Å². The van der Waals surface area contributed by atoms with Crippen molar-refractivity contribution in [2.45, 2.75) is 19.4 Å². The first-order valence-electron chi connectivity index (χ1n) is 5.03. The van der Waals surface area contributed by atoms with Crippen molar-refractivity contribution in [1.29, 1.82) is 0 Å². The van der Waals surface area contributed by atoms with Gasteiger partial charge in [0.1, 0.15) is 0 Å². The molecule has 15 heavy (non-hydrogen) atoms. The third-order valence-corrected chi connectivity index (χ3v) is 2.72. The Labute approximate surface area is 87.7 Å². The molecule has 0 saturated carbocycles. The molecule has 0 aliphatic carbocycles. The number of nitrogens with two attached hydrogens (primary N) is 1. The molecule has 0 atom stereocenters. The van der Waals surface area contributed by atoms with Gasteiger partial charge in [0.2, 0.25) is 0 Å². The predicted molar refractivity (Wildman–Crippen MR) is 55.8 cm³/mol. The van der Waals surface area contributed by atoms with Gasteiger partial charge in [-0.2, -0.15) is 0 Å². The lowest BCUT2D eigenvalue weighted by atomic mass is 9.99. The van der Waals surface area contributed by atoms with Crippen LogP contribution in [0, 0.1) is 0 Å². The number of nitrogens with zero attached hydrogens (tertiary/aromatic N) is 1. The average molecular weight is 212 g/mol. The van der Waals surface area contributed by atoms with E-state index in [0.29, 0.717) is 18.8 Å². The van der Waals surface area contributed by atoms with Gasteiger partial charge in [0.05, 0.1) is 6.54 Å². The van der Waals surface area contributed by atoms with Gasteiger partial charge in [0.25, 0.3) is 6.43 Å². The minimum absolute atomic E-state index is 0.145. The maximum Gasteiger partial charge on any atom is 0.251 e. The zero-order valence-corrected chi connectivity index (χ0v) is 8.42. The molecule has 0 unspecified atom stereocenters. The number of benzene rings is 1. The summed E-state index contributed by atoms with van der Waals surface area (Å²) in [5.74, 6) is 0. The van der Waals surface area contributed by atoms with E-state index in [9.17, 15) is 8.78 Å². The second-order valence-electron chi connectivity index (χ2n) is 3.90. The number of hydrogen-bond acceptors (Lipinski definition) is 2. The van der Waals surface area contributed by atoms with Gasteiger partial charge in [-0.3, -0.25) is 4.90 Å². The molecular weight excluding hydrogens is 198 g/mol. The highest BCUT2D eigenvalue weighted by Crippen LogP contribution is 2.21. The largest absolute Gasteiger partial charge is 0.399 e. The van der Waals surface area contributed by atoms with Gasteiger partial charge >= 0.3 is 0 Å². The third kappa shape index (κ3) is 2.45. The predicted octanol–water partition coefficient (Wildman–Crippen LogP) is 1.89. The lowest BCUT2D eigenvalue weighted by Crippen LogP contribution is -2.34. The van der Waals surface area contributed by atoms with Crippen molar-refractivity contribution in [3.63, 3.8) is 0 Å². The average Bonchev–Trinajstić information content (AvgIpc) is 2.16. The van der Waals surface area contributed by atoms with Crippen LogP contribution in [0.4, 0.5) is 14.5 Å². The Bertz CT molecular complexity index is 352. The van der Waals surface area contributed by atoms with E-state index in [2.05, 4.69) is 0 Å². The van der Waals surface area contributed by atoms with Gasteiger partial charge in [-0.1, -0.05) is 6.07 Å². The van der Waals surface area contributed by atoms with Crippen molar-refractivity contribution in [2.24, 2.45) is 0 Å². The van der Waals surface area contributed by atoms with E-state index >= 15 is 0 Å². The first kappa shape index (κ1) is 10.4. The summed E-state index contributed by atoms with van der Waals surface area (Å²) in [6, 6.07) is 5.74. The summed E-state index contributed by atoms with van der Waals surface area (Å²) in [4.78, 5) is 1.77. The Morgan fingerprint density at radius 3 is 2.87 bits per heavy atom. The van der Waals surface area contributed by atoms with Crippen molar-refractivity contribution in [3.05, 3.63) is 29.3 Å². The summed E-state index contributed by atoms with van der Waals surface area (Å²) in [5.41, 5.74) is 8.68. The molecule has 0 fully saturated rings. The number of anilines is 1. The first-order valence-corrected chi connectivity index (χ1v) is 5.03. The van der Waals surface area contributed by atoms with Crippen LogP contribution in [0.1, 0.15) is 11.1 Å². The fraction of sp³-hybridized carbons (Fsp3) is 0.455. The maximum atomic E-state index is 12.2. The van der Waals surface area contributed by atoms with E-state index in [4.69, 9.17) is 5.73 Å². The lowest BCUT2D eigenvalue weighted by molar-refractivity contribution is 0.0821. The van der Waals surface area contributed by atoms with Gasteiger partial charge in [-0.25, -0.2) is 8.78 Å². The molecule has 1 aliphatic rings. The van der Waals surface area contributed by atoms with Crippen molar-refractivity contribution < 1.29 is 8.78 Å². The van der Waals surface area contributed by atoms with Crippen LogP contribution in [-0.4, -0.2) is 24.4 Å². The Morgan fingerprint density at radius 2 is 2.13 bits per heavy atom. The van der Waals surface area contributed by atoms with Gasteiger partial charge in [0, 0.05) is 18.8 Å². The number of alkyl halides is 2. The molecule has 0 spiro atoms. The molecule has 2 rings (SSSR count). The fourth-order valence-electron chi connectivity index (χ4n) is 1.99. The minimum Gasteiger partial charge on any atom is -0.399 e. The van der Waals surface area contributed by atoms with Gasteiger partial charge in [-0.15, -0.1) is 0 Å². The Kier molecular flexibility index (Phi) is 2.86. The summed E-state index contributed by atoms with van der Waals surface area (Å²) >= 11 is 0. The molecule has 1 aromatic carbocycles. The second-order valence-corrected chi connectivity index (χ2v) is 3.90. The number of halogens is 2. The van der Waals surface area contributed by atoms with Gasteiger partial charge in [0.15, 0.2) is 0 Å². The highest BCUT2D eigenvalue weighted by atomic mass is 19.3. The zero-order chi connectivity index (χ0) is 10.8. The minimum atomic E-state index is -2.26. The molecule has 0 saturated heterocycles. The summed E-state index contributed by atoms with van der Waals surface area (Å²) in [5, 5.41) is 0. The van der Waals surface area contributed by atoms with E-state index in [-0.39, 0.29) is 6.54 Å². The smallest absolute Gasteiger partial charge is 0.251 e. The van der Waals surface area contributed by atoms with E-state index in [1.54, 1.807) is 4.90 Å². The van der Waals surface area contributed by atoms with Gasteiger partial charge < -0.3 is 5.73 Å². The van der Waals surface area contributed by atoms with Crippen LogP contribution in [0.25, 0.3) is 0 Å². The molecule has 2 N–H and O–H groups in total. The third-order valence-electron chi connectivity index (χ3n) is 2.72. The highest BCUT2D eigenvalue weighted by molar-refractivity contribution is 5.45. The Hall–Kier alpha value is -1.16. The summed E-state index contributed by atoms with van der Waals surface area (Å²) in [6.45, 7) is 1.15. The topological polar surface area (TPSA) is 29.3 Å². The molecule has 1 heterocycles. The van der Waals surface area contributed by atoms with E-state index in [1.807, 2.05) is 18.2 Å². The molecule has 4 heteroatoms. The Balaban J connectivity index is 2.11. The van der Waals surface area contributed by atoms with Crippen molar-refractivity contribution in [1.82, 2.24) is 4.90 Å². The van der Waals surface area contributed by atoms with Crippen LogP contribution >= 0.6 is 0 Å². The SMILES string of the molecule is Nc1ccc2c(c1)CN(CC(F)F)CC2. The zero-order valence-electron chi connectivity index (χ0n) is 8.42. The molecule has 1 aliphatic heterocycles. The first-order chi connectivity index (χ1) is 7.15. The molecule has 0 amide bonds. The second kappa shape index (κ2) is 4.14. The fourth-order valence-corrected chi connectivity index (χ4v) is 1.99.